The number of carbonyl (C=O) groups excluding carboxylic acids is 1. The summed E-state index contributed by atoms with van der Waals surface area (Å²) in [5.74, 6) is 5.43. The summed E-state index contributed by atoms with van der Waals surface area (Å²) >= 11 is 0. The van der Waals surface area contributed by atoms with Gasteiger partial charge < -0.3 is 5.73 Å². The van der Waals surface area contributed by atoms with E-state index in [-0.39, 0.29) is 0 Å². The number of hydrogen-bond acceptors (Lipinski definition) is 2. The van der Waals surface area contributed by atoms with Gasteiger partial charge in [-0.3, -0.25) is 0 Å². The number of hydrogen-bond donors (Lipinski definition) is 2. The number of hydrazone groups is 1. The number of primary amides is 1. The molecule has 2 amide bonds. The highest BCUT2D eigenvalue weighted by Crippen LogP contribution is 2.67. The first-order valence-corrected chi connectivity index (χ1v) is 14.1. The maximum atomic E-state index is 11.1. The fourth-order valence-electron chi connectivity index (χ4n) is 8.90. The van der Waals surface area contributed by atoms with Gasteiger partial charge in [-0.25, -0.2) is 10.2 Å². The summed E-state index contributed by atoms with van der Waals surface area (Å²) in [5, 5.41) is 4.29. The molecule has 8 unspecified atom stereocenters. The van der Waals surface area contributed by atoms with Crippen molar-refractivity contribution in [3.8, 4) is 0 Å². The quantitative estimate of drug-likeness (QED) is 0.309. The molecule has 3 fully saturated rings. The molecule has 0 radical (unpaired) electrons. The van der Waals surface area contributed by atoms with Gasteiger partial charge in [0.15, 0.2) is 0 Å². The van der Waals surface area contributed by atoms with Gasteiger partial charge in [0.1, 0.15) is 0 Å². The van der Waals surface area contributed by atoms with E-state index in [1.807, 2.05) is 0 Å². The van der Waals surface area contributed by atoms with Crippen LogP contribution in [0.5, 0.6) is 0 Å². The third kappa shape index (κ3) is 4.51. The van der Waals surface area contributed by atoms with E-state index in [9.17, 15) is 4.79 Å². The molecular formula is C30H49N3O. The molecule has 4 heteroatoms. The minimum atomic E-state index is -0.570. The Kier molecular flexibility index (Phi) is 7.37. The molecule has 3 N–H and O–H groups in total. The predicted octanol–water partition coefficient (Wildman–Crippen LogP) is 7.46. The van der Waals surface area contributed by atoms with Gasteiger partial charge in [0.25, 0.3) is 0 Å². The van der Waals surface area contributed by atoms with Crippen molar-refractivity contribution in [2.24, 2.45) is 63.1 Å². The van der Waals surface area contributed by atoms with Crippen LogP contribution in [0.3, 0.4) is 0 Å². The zero-order valence-electron chi connectivity index (χ0n) is 22.6. The highest BCUT2D eigenvalue weighted by molar-refractivity contribution is 5.89. The number of fused-ring (bicyclic) bond motifs is 5. The summed E-state index contributed by atoms with van der Waals surface area (Å²) in [6.45, 7) is 14.7. The molecule has 4 aliphatic rings. The van der Waals surface area contributed by atoms with Gasteiger partial charge in [-0.2, -0.15) is 5.10 Å². The van der Waals surface area contributed by atoms with Crippen LogP contribution in [0, 0.1) is 52.3 Å². The summed E-state index contributed by atoms with van der Waals surface area (Å²) in [5.41, 5.74) is 11.1. The van der Waals surface area contributed by atoms with Crippen LogP contribution in [-0.4, -0.2) is 11.7 Å². The van der Waals surface area contributed by atoms with Crippen molar-refractivity contribution in [2.75, 3.05) is 0 Å². The molecule has 0 heterocycles. The molecule has 4 nitrogen and oxygen atoms in total. The van der Waals surface area contributed by atoms with Crippen molar-refractivity contribution in [3.63, 3.8) is 0 Å². The van der Waals surface area contributed by atoms with Gasteiger partial charge in [-0.1, -0.05) is 65.3 Å². The number of rotatable bonds is 6. The van der Waals surface area contributed by atoms with E-state index in [0.717, 1.165) is 54.6 Å². The lowest BCUT2D eigenvalue weighted by Crippen LogP contribution is -2.50. The summed E-state index contributed by atoms with van der Waals surface area (Å²) in [4.78, 5) is 11.1. The molecule has 4 rings (SSSR count). The van der Waals surface area contributed by atoms with Crippen LogP contribution < -0.4 is 11.2 Å². The number of nitrogens with zero attached hydrogens (tertiary/aromatic N) is 1. The summed E-state index contributed by atoms with van der Waals surface area (Å²) in [6.07, 6.45) is 18.8. The number of urea groups is 1. The molecule has 0 bridgehead atoms. The minimum absolute atomic E-state index is 0.297. The van der Waals surface area contributed by atoms with Crippen molar-refractivity contribution in [1.82, 2.24) is 5.43 Å². The van der Waals surface area contributed by atoms with Gasteiger partial charge >= 0.3 is 6.03 Å². The zero-order valence-corrected chi connectivity index (χ0v) is 22.6. The Hall–Kier alpha value is -1.58. The predicted molar refractivity (Wildman–Crippen MR) is 142 cm³/mol. The second-order valence-electron chi connectivity index (χ2n) is 12.9. The number of carbonyl (C=O) groups is 1. The van der Waals surface area contributed by atoms with Crippen molar-refractivity contribution < 1.29 is 4.79 Å². The summed E-state index contributed by atoms with van der Waals surface area (Å²) in [6, 6.07) is -0.570. The number of allylic oxidation sites excluding steroid dienone is 4. The average molecular weight is 468 g/mol. The lowest BCUT2D eigenvalue weighted by Gasteiger charge is -2.58. The Morgan fingerprint density at radius 2 is 1.94 bits per heavy atom. The molecule has 34 heavy (non-hydrogen) atoms. The summed E-state index contributed by atoms with van der Waals surface area (Å²) in [7, 11) is 0. The maximum Gasteiger partial charge on any atom is 0.332 e. The van der Waals surface area contributed by atoms with E-state index in [1.54, 1.807) is 5.57 Å². The Bertz CT molecular complexity index is 857. The van der Waals surface area contributed by atoms with E-state index in [0.29, 0.717) is 22.7 Å². The molecule has 3 saturated carbocycles. The lowest BCUT2D eigenvalue weighted by molar-refractivity contribution is -0.0428. The maximum absolute atomic E-state index is 11.1. The molecule has 4 aliphatic carbocycles. The Morgan fingerprint density at radius 1 is 1.18 bits per heavy atom. The molecular weight excluding hydrogens is 418 g/mol. The van der Waals surface area contributed by atoms with Crippen molar-refractivity contribution >= 4 is 11.7 Å². The van der Waals surface area contributed by atoms with Crippen molar-refractivity contribution in [3.05, 3.63) is 23.8 Å². The Labute approximate surface area is 208 Å². The van der Waals surface area contributed by atoms with Crippen LogP contribution in [0.25, 0.3) is 0 Å². The average Bonchev–Trinajstić information content (AvgIpc) is 3.15. The topological polar surface area (TPSA) is 67.5 Å². The second kappa shape index (κ2) is 9.82. The first-order valence-electron chi connectivity index (χ1n) is 14.1. The number of nitrogens with one attached hydrogen (secondary N) is 1. The largest absolute Gasteiger partial charge is 0.350 e. The molecule has 0 aromatic carbocycles. The first-order chi connectivity index (χ1) is 16.1. The van der Waals surface area contributed by atoms with Crippen LogP contribution in [-0.2, 0) is 0 Å². The van der Waals surface area contributed by atoms with Gasteiger partial charge in [-0.15, -0.1) is 0 Å². The lowest BCUT2D eigenvalue weighted by atomic mass is 9.47. The van der Waals surface area contributed by atoms with Gasteiger partial charge in [0, 0.05) is 12.1 Å². The van der Waals surface area contributed by atoms with Crippen LogP contribution >= 0.6 is 0 Å². The minimum Gasteiger partial charge on any atom is -0.350 e. The van der Waals surface area contributed by atoms with E-state index in [1.165, 1.54) is 38.5 Å². The van der Waals surface area contributed by atoms with Gasteiger partial charge in [0.2, 0.25) is 0 Å². The molecule has 0 aliphatic heterocycles. The zero-order chi connectivity index (χ0) is 24.7. The standard InChI is InChI=1S/C30H49N3O/c1-7-21(19(2)3)9-8-20(4)25-12-13-26-24-11-10-22-18-23(32-33-28(31)34)14-16-29(22,5)27(24)15-17-30(25,26)6/h8-10,19-21,24-27H,7,11-18H2,1-6H3,(H3,31,33,34). The normalized spacial score (nSPS) is 40.4. The smallest absolute Gasteiger partial charge is 0.332 e. The van der Waals surface area contributed by atoms with Crippen LogP contribution in [0.15, 0.2) is 28.9 Å². The number of nitrogens with two attached hydrogens (primary N) is 1. The number of amides is 2. The summed E-state index contributed by atoms with van der Waals surface area (Å²) < 4.78 is 0. The molecule has 0 aromatic heterocycles. The van der Waals surface area contributed by atoms with Crippen LogP contribution in [0.2, 0.25) is 0 Å². The van der Waals surface area contributed by atoms with E-state index in [4.69, 9.17) is 5.73 Å². The third-order valence-corrected chi connectivity index (χ3v) is 11.0. The molecule has 0 aromatic rings. The fourth-order valence-corrected chi connectivity index (χ4v) is 8.90. The highest BCUT2D eigenvalue weighted by atomic mass is 16.2. The van der Waals surface area contributed by atoms with E-state index < -0.39 is 6.03 Å². The Morgan fingerprint density at radius 3 is 2.62 bits per heavy atom. The van der Waals surface area contributed by atoms with Gasteiger partial charge in [0.05, 0.1) is 0 Å². The molecule has 0 spiro atoms. The molecule has 8 atom stereocenters. The van der Waals surface area contributed by atoms with Crippen LogP contribution in [0.1, 0.15) is 99.3 Å². The second-order valence-corrected chi connectivity index (χ2v) is 12.9. The monoisotopic (exact) mass is 467 g/mol. The SMILES string of the molecule is CCC(C=CC(C)C1CCC2C3CC=C4CC(=NNC(N)=O)CCC4(C)C3CCC12C)C(C)C. The molecule has 0 saturated heterocycles. The van der Waals surface area contributed by atoms with Crippen LogP contribution in [0.4, 0.5) is 4.79 Å². The highest BCUT2D eigenvalue weighted by Gasteiger charge is 2.58. The Balaban J connectivity index is 1.50. The van der Waals surface area contributed by atoms with E-state index in [2.05, 4.69) is 70.3 Å². The molecule has 190 valence electrons. The van der Waals surface area contributed by atoms with E-state index >= 15 is 0 Å². The fraction of sp³-hybridized carbons (Fsp3) is 0.800. The van der Waals surface area contributed by atoms with Crippen molar-refractivity contribution in [1.29, 1.82) is 0 Å². The first kappa shape index (κ1) is 25.5. The van der Waals surface area contributed by atoms with Crippen molar-refractivity contribution in [2.45, 2.75) is 99.3 Å². The van der Waals surface area contributed by atoms with Gasteiger partial charge in [-0.05, 0) is 104 Å². The third-order valence-electron chi connectivity index (χ3n) is 11.0.